The number of amides is 2. The molecule has 0 aliphatic carbocycles. The van der Waals surface area contributed by atoms with Crippen molar-refractivity contribution in [3.63, 3.8) is 0 Å². The van der Waals surface area contributed by atoms with Crippen LogP contribution in [-0.4, -0.2) is 47.7 Å². The van der Waals surface area contributed by atoms with E-state index in [1.165, 1.54) is 18.3 Å². The van der Waals surface area contributed by atoms with Gasteiger partial charge in [0.1, 0.15) is 24.0 Å². The van der Waals surface area contributed by atoms with Gasteiger partial charge in [0.2, 0.25) is 24.5 Å². The van der Waals surface area contributed by atoms with Gasteiger partial charge >= 0.3 is 0 Å². The van der Waals surface area contributed by atoms with Gasteiger partial charge in [-0.15, -0.1) is 0 Å². The van der Waals surface area contributed by atoms with Gasteiger partial charge in [-0.25, -0.2) is 9.37 Å². The van der Waals surface area contributed by atoms with Crippen LogP contribution < -0.4 is 29.7 Å². The van der Waals surface area contributed by atoms with Gasteiger partial charge in [-0.1, -0.05) is 6.07 Å². The molecule has 1 aromatic heterocycles. The third-order valence-corrected chi connectivity index (χ3v) is 6.82. The standard InChI is InChI=1S/C27H26FN5O5/c28-18-5-6-21-17(12-18)8-10-33(21)27-30-13-19(24(34)31-20-3-1-2-9-29-25(20)35)26(32-27)36-14-16-4-7-22-23(11-16)38-15-37-22/h4-7,11-13,20H,1-3,8-10,14-15H2,(H,29,35)(H,31,34). The largest absolute Gasteiger partial charge is 0.472 e. The molecule has 10 nitrogen and oxygen atoms in total. The third kappa shape index (κ3) is 4.79. The zero-order valence-corrected chi connectivity index (χ0v) is 20.5. The summed E-state index contributed by atoms with van der Waals surface area (Å²) >= 11 is 0. The summed E-state index contributed by atoms with van der Waals surface area (Å²) < 4.78 is 30.6. The van der Waals surface area contributed by atoms with E-state index in [4.69, 9.17) is 14.2 Å². The monoisotopic (exact) mass is 519 g/mol. The molecule has 1 unspecified atom stereocenters. The molecular formula is C27H26FN5O5. The van der Waals surface area contributed by atoms with E-state index in [0.29, 0.717) is 43.4 Å². The Balaban J connectivity index is 1.28. The number of anilines is 2. The Kier molecular flexibility index (Phi) is 6.40. The van der Waals surface area contributed by atoms with E-state index in [1.807, 2.05) is 17.0 Å². The molecule has 0 saturated carbocycles. The average molecular weight is 520 g/mol. The molecule has 38 heavy (non-hydrogen) atoms. The van der Waals surface area contributed by atoms with Crippen LogP contribution >= 0.6 is 0 Å². The molecule has 6 rings (SSSR count). The summed E-state index contributed by atoms with van der Waals surface area (Å²) in [4.78, 5) is 36.6. The first-order valence-corrected chi connectivity index (χ1v) is 12.6. The highest BCUT2D eigenvalue weighted by Gasteiger charge is 2.28. The summed E-state index contributed by atoms with van der Waals surface area (Å²) in [6, 6.07) is 9.40. The zero-order valence-electron chi connectivity index (χ0n) is 20.5. The molecule has 3 aliphatic heterocycles. The van der Waals surface area contributed by atoms with Crippen LogP contribution in [0.25, 0.3) is 0 Å². The van der Waals surface area contributed by atoms with Gasteiger partial charge in [0.15, 0.2) is 11.5 Å². The lowest BCUT2D eigenvalue weighted by Crippen LogP contribution is -2.45. The molecule has 3 aliphatic rings. The Hall–Kier alpha value is -4.41. The summed E-state index contributed by atoms with van der Waals surface area (Å²) in [5, 5.41) is 5.63. The van der Waals surface area contributed by atoms with E-state index in [2.05, 4.69) is 20.6 Å². The predicted octanol–water partition coefficient (Wildman–Crippen LogP) is 3.02. The molecule has 2 amide bonds. The Labute approximate surface area is 218 Å². The average Bonchev–Trinajstić information content (AvgIpc) is 3.51. The molecule has 0 spiro atoms. The van der Waals surface area contributed by atoms with Crippen molar-refractivity contribution in [3.05, 3.63) is 65.1 Å². The van der Waals surface area contributed by atoms with Crippen molar-refractivity contribution in [2.45, 2.75) is 38.3 Å². The van der Waals surface area contributed by atoms with Crippen LogP contribution in [0.2, 0.25) is 0 Å². The van der Waals surface area contributed by atoms with E-state index in [-0.39, 0.29) is 36.6 Å². The minimum absolute atomic E-state index is 0.0785. The van der Waals surface area contributed by atoms with Crippen molar-refractivity contribution in [1.82, 2.24) is 20.6 Å². The Morgan fingerprint density at radius 1 is 1.18 bits per heavy atom. The number of fused-ring (bicyclic) bond motifs is 2. The third-order valence-electron chi connectivity index (χ3n) is 6.82. The molecule has 196 valence electrons. The van der Waals surface area contributed by atoms with Crippen molar-refractivity contribution in [2.24, 2.45) is 0 Å². The lowest BCUT2D eigenvalue weighted by molar-refractivity contribution is -0.122. The van der Waals surface area contributed by atoms with Gasteiger partial charge in [-0.2, -0.15) is 4.98 Å². The number of aromatic nitrogens is 2. The van der Waals surface area contributed by atoms with Crippen molar-refractivity contribution in [1.29, 1.82) is 0 Å². The topological polar surface area (TPSA) is 115 Å². The number of carbonyl (C=O) groups is 2. The SMILES string of the molecule is O=C(NC1CCCCNC1=O)c1cnc(N2CCc3cc(F)ccc32)nc1OCc1ccc2c(c1)OCO2. The summed E-state index contributed by atoms with van der Waals surface area (Å²) in [6.45, 7) is 1.43. The van der Waals surface area contributed by atoms with Gasteiger partial charge < -0.3 is 29.7 Å². The van der Waals surface area contributed by atoms with Crippen molar-refractivity contribution in [3.8, 4) is 17.4 Å². The summed E-state index contributed by atoms with van der Waals surface area (Å²) in [5.74, 6) is 0.681. The maximum Gasteiger partial charge on any atom is 0.259 e. The van der Waals surface area contributed by atoms with Crippen LogP contribution in [0.3, 0.4) is 0 Å². The van der Waals surface area contributed by atoms with Crippen LogP contribution in [-0.2, 0) is 17.8 Å². The number of nitrogens with one attached hydrogen (secondary N) is 2. The van der Waals surface area contributed by atoms with Crippen LogP contribution in [0.15, 0.2) is 42.6 Å². The van der Waals surface area contributed by atoms with Gasteiger partial charge in [-0.05, 0) is 67.1 Å². The smallest absolute Gasteiger partial charge is 0.259 e. The fourth-order valence-electron chi connectivity index (χ4n) is 4.83. The van der Waals surface area contributed by atoms with E-state index in [1.54, 1.807) is 12.1 Å². The van der Waals surface area contributed by atoms with Crippen LogP contribution in [0.5, 0.6) is 17.4 Å². The maximum atomic E-state index is 13.7. The van der Waals surface area contributed by atoms with E-state index < -0.39 is 11.9 Å². The highest BCUT2D eigenvalue weighted by Crippen LogP contribution is 2.35. The second kappa shape index (κ2) is 10.2. The molecule has 2 N–H and O–H groups in total. The molecular weight excluding hydrogens is 493 g/mol. The van der Waals surface area contributed by atoms with Gasteiger partial charge in [0.05, 0.1) is 0 Å². The first-order chi connectivity index (χ1) is 18.5. The first-order valence-electron chi connectivity index (χ1n) is 12.6. The first kappa shape index (κ1) is 24.0. The second-order valence-electron chi connectivity index (χ2n) is 9.35. The number of hydrogen-bond acceptors (Lipinski definition) is 8. The fraction of sp³-hybridized carbons (Fsp3) is 0.333. The predicted molar refractivity (Wildman–Crippen MR) is 134 cm³/mol. The molecule has 11 heteroatoms. The Morgan fingerprint density at radius 2 is 2.08 bits per heavy atom. The van der Waals surface area contributed by atoms with Crippen LogP contribution in [0.4, 0.5) is 16.0 Å². The number of carbonyl (C=O) groups excluding carboxylic acids is 2. The quantitative estimate of drug-likeness (QED) is 0.511. The highest BCUT2D eigenvalue weighted by atomic mass is 19.1. The highest BCUT2D eigenvalue weighted by molar-refractivity contribution is 5.99. The number of benzene rings is 2. The number of rotatable bonds is 6. The van der Waals surface area contributed by atoms with E-state index in [9.17, 15) is 14.0 Å². The van der Waals surface area contributed by atoms with Crippen LogP contribution in [0, 0.1) is 5.82 Å². The number of hydrogen-bond donors (Lipinski definition) is 2. The summed E-state index contributed by atoms with van der Waals surface area (Å²) in [6.07, 6.45) is 4.28. The van der Waals surface area contributed by atoms with Gasteiger partial charge in [0, 0.05) is 25.0 Å². The van der Waals surface area contributed by atoms with Crippen molar-refractivity contribution in [2.75, 3.05) is 24.8 Å². The molecule has 3 aromatic rings. The molecule has 0 radical (unpaired) electrons. The second-order valence-corrected chi connectivity index (χ2v) is 9.35. The summed E-state index contributed by atoms with van der Waals surface area (Å²) in [7, 11) is 0. The van der Waals surface area contributed by atoms with E-state index in [0.717, 1.165) is 29.7 Å². The normalized spacial score (nSPS) is 18.0. The number of ether oxygens (including phenoxy) is 3. The molecule has 4 heterocycles. The summed E-state index contributed by atoms with van der Waals surface area (Å²) in [5.41, 5.74) is 2.58. The van der Waals surface area contributed by atoms with Crippen molar-refractivity contribution >= 4 is 23.5 Å². The lowest BCUT2D eigenvalue weighted by Gasteiger charge is -2.20. The molecule has 1 fully saturated rings. The van der Waals surface area contributed by atoms with Gasteiger partial charge in [-0.3, -0.25) is 9.59 Å². The van der Waals surface area contributed by atoms with Crippen LogP contribution in [0.1, 0.15) is 40.7 Å². The zero-order chi connectivity index (χ0) is 26.1. The minimum atomic E-state index is -0.647. The van der Waals surface area contributed by atoms with Crippen molar-refractivity contribution < 1.29 is 28.2 Å². The maximum absolute atomic E-state index is 13.7. The Morgan fingerprint density at radius 3 is 3.00 bits per heavy atom. The van der Waals surface area contributed by atoms with E-state index >= 15 is 0 Å². The van der Waals surface area contributed by atoms with Gasteiger partial charge in [0.25, 0.3) is 5.91 Å². The Bertz CT molecular complexity index is 1400. The minimum Gasteiger partial charge on any atom is -0.472 e. The fourth-order valence-corrected chi connectivity index (χ4v) is 4.83. The molecule has 1 saturated heterocycles. The molecule has 1 atom stereocenters. The molecule has 2 aromatic carbocycles. The molecule has 0 bridgehead atoms. The number of nitrogens with zero attached hydrogens (tertiary/aromatic N) is 3. The lowest BCUT2D eigenvalue weighted by atomic mass is 10.1. The number of halogens is 1.